The van der Waals surface area contributed by atoms with Gasteiger partial charge >= 0.3 is 5.00 Å². The molecule has 0 aliphatic carbocycles. The van der Waals surface area contributed by atoms with E-state index in [1.54, 1.807) is 11.0 Å². The predicted octanol–water partition coefficient (Wildman–Crippen LogP) is 4.55. The van der Waals surface area contributed by atoms with Gasteiger partial charge in [-0.15, -0.1) is 12.4 Å². The SMILES string of the molecule is CN(C)CCN(C(=O)c1ccc([N+](=O)[O-])s1)c1nc2ccc(Cl)cc2s1.Cl. The number of halogens is 2. The summed E-state index contributed by atoms with van der Waals surface area (Å²) in [6, 6.07) is 8.20. The molecule has 2 heterocycles. The number of fused-ring (bicyclic) bond motifs is 1. The van der Waals surface area contributed by atoms with Crippen molar-refractivity contribution in [3.8, 4) is 0 Å². The van der Waals surface area contributed by atoms with Crippen molar-refractivity contribution >= 4 is 72.9 Å². The fraction of sp³-hybridized carbons (Fsp3) is 0.250. The molecule has 3 rings (SSSR count). The Balaban J connectivity index is 0.00000261. The third kappa shape index (κ3) is 4.94. The maximum Gasteiger partial charge on any atom is 0.324 e. The van der Waals surface area contributed by atoms with Gasteiger partial charge in [0.15, 0.2) is 5.13 Å². The smallest absolute Gasteiger partial charge is 0.308 e. The van der Waals surface area contributed by atoms with Crippen LogP contribution < -0.4 is 4.90 Å². The van der Waals surface area contributed by atoms with E-state index in [9.17, 15) is 14.9 Å². The molecule has 1 amide bonds. The Labute approximate surface area is 174 Å². The number of nitrogens with zero attached hydrogens (tertiary/aromatic N) is 4. The molecular formula is C16H16Cl2N4O3S2. The van der Waals surface area contributed by atoms with Crippen molar-refractivity contribution in [2.75, 3.05) is 32.1 Å². The first-order valence-electron chi connectivity index (χ1n) is 7.62. The summed E-state index contributed by atoms with van der Waals surface area (Å²) < 4.78 is 0.882. The van der Waals surface area contributed by atoms with Gasteiger partial charge in [0, 0.05) is 24.2 Å². The highest BCUT2D eigenvalue weighted by Crippen LogP contribution is 2.33. The Hall–Kier alpha value is -1.78. The summed E-state index contributed by atoms with van der Waals surface area (Å²) in [4.78, 5) is 31.8. The zero-order valence-electron chi connectivity index (χ0n) is 14.4. The van der Waals surface area contributed by atoms with Crippen LogP contribution in [0.5, 0.6) is 0 Å². The summed E-state index contributed by atoms with van der Waals surface area (Å²) in [5, 5.41) is 12.0. The molecule has 0 spiro atoms. The fourth-order valence-electron chi connectivity index (χ4n) is 2.26. The van der Waals surface area contributed by atoms with Gasteiger partial charge in [-0.3, -0.25) is 19.8 Å². The van der Waals surface area contributed by atoms with Crippen LogP contribution in [0.3, 0.4) is 0 Å². The summed E-state index contributed by atoms with van der Waals surface area (Å²) in [5.74, 6) is -0.296. The second kappa shape index (κ2) is 8.94. The Bertz CT molecular complexity index is 974. The molecule has 3 aromatic rings. The molecule has 7 nitrogen and oxygen atoms in total. The zero-order chi connectivity index (χ0) is 18.8. The topological polar surface area (TPSA) is 79.6 Å². The molecular weight excluding hydrogens is 431 g/mol. The van der Waals surface area contributed by atoms with Gasteiger partial charge in [-0.05, 0) is 38.4 Å². The Morgan fingerprint density at radius 3 is 2.59 bits per heavy atom. The molecule has 11 heteroatoms. The van der Waals surface area contributed by atoms with Gasteiger partial charge in [-0.25, -0.2) is 4.98 Å². The van der Waals surface area contributed by atoms with E-state index >= 15 is 0 Å². The first-order chi connectivity index (χ1) is 12.3. The summed E-state index contributed by atoms with van der Waals surface area (Å²) >= 11 is 8.27. The number of hydrogen-bond donors (Lipinski definition) is 0. The highest BCUT2D eigenvalue weighted by Gasteiger charge is 2.24. The first kappa shape index (κ1) is 21.5. The van der Waals surface area contributed by atoms with Gasteiger partial charge in [-0.1, -0.05) is 34.3 Å². The van der Waals surface area contributed by atoms with Crippen LogP contribution >= 0.6 is 46.7 Å². The van der Waals surface area contributed by atoms with E-state index in [-0.39, 0.29) is 23.3 Å². The van der Waals surface area contributed by atoms with Gasteiger partial charge in [0.25, 0.3) is 5.91 Å². The van der Waals surface area contributed by atoms with Crippen molar-refractivity contribution in [3.63, 3.8) is 0 Å². The van der Waals surface area contributed by atoms with Crippen LogP contribution in [0.4, 0.5) is 10.1 Å². The highest BCUT2D eigenvalue weighted by atomic mass is 35.5. The van der Waals surface area contributed by atoms with E-state index in [0.29, 0.717) is 28.1 Å². The molecule has 0 aliphatic heterocycles. The van der Waals surface area contributed by atoms with E-state index in [2.05, 4.69) is 4.98 Å². The minimum Gasteiger partial charge on any atom is -0.308 e. The van der Waals surface area contributed by atoms with E-state index in [4.69, 9.17) is 11.6 Å². The first-order valence-corrected chi connectivity index (χ1v) is 9.63. The maximum absolute atomic E-state index is 13.0. The summed E-state index contributed by atoms with van der Waals surface area (Å²) in [6.45, 7) is 1.06. The van der Waals surface area contributed by atoms with Crippen molar-refractivity contribution in [1.29, 1.82) is 0 Å². The average Bonchev–Trinajstić information content (AvgIpc) is 3.20. The van der Waals surface area contributed by atoms with Gasteiger partial charge in [0.2, 0.25) is 0 Å². The van der Waals surface area contributed by atoms with Crippen molar-refractivity contribution < 1.29 is 9.72 Å². The monoisotopic (exact) mass is 446 g/mol. The molecule has 1 aromatic carbocycles. The summed E-state index contributed by atoms with van der Waals surface area (Å²) in [5.41, 5.74) is 0.759. The molecule has 0 N–H and O–H groups in total. The third-order valence-corrected chi connectivity index (χ3v) is 5.87. The lowest BCUT2D eigenvalue weighted by atomic mass is 10.3. The van der Waals surface area contributed by atoms with E-state index in [1.165, 1.54) is 23.5 Å². The summed E-state index contributed by atoms with van der Waals surface area (Å²) in [7, 11) is 3.83. The predicted molar refractivity (Wildman–Crippen MR) is 113 cm³/mol. The number of carbonyl (C=O) groups excluding carboxylic acids is 1. The molecule has 0 bridgehead atoms. The lowest BCUT2D eigenvalue weighted by molar-refractivity contribution is -0.380. The minimum absolute atomic E-state index is 0. The number of thiophene rings is 1. The maximum atomic E-state index is 13.0. The second-order valence-corrected chi connectivity index (χ2v) is 8.27. The minimum atomic E-state index is -0.495. The van der Waals surface area contributed by atoms with E-state index < -0.39 is 4.92 Å². The summed E-state index contributed by atoms with van der Waals surface area (Å²) in [6.07, 6.45) is 0. The average molecular weight is 447 g/mol. The van der Waals surface area contributed by atoms with Crippen molar-refractivity contribution in [3.05, 3.63) is 50.3 Å². The van der Waals surface area contributed by atoms with Crippen molar-refractivity contribution in [1.82, 2.24) is 9.88 Å². The molecule has 0 radical (unpaired) electrons. The molecule has 0 saturated heterocycles. The largest absolute Gasteiger partial charge is 0.324 e. The lowest BCUT2D eigenvalue weighted by Crippen LogP contribution is -2.36. The molecule has 27 heavy (non-hydrogen) atoms. The Kier molecular flexibility index (Phi) is 7.12. The van der Waals surface area contributed by atoms with Crippen LogP contribution in [0.1, 0.15) is 9.67 Å². The van der Waals surface area contributed by atoms with Gasteiger partial charge in [-0.2, -0.15) is 0 Å². The number of anilines is 1. The van der Waals surface area contributed by atoms with Crippen LogP contribution in [0, 0.1) is 10.1 Å². The van der Waals surface area contributed by atoms with Gasteiger partial charge in [0.05, 0.1) is 20.0 Å². The van der Waals surface area contributed by atoms with Crippen LogP contribution in [0.2, 0.25) is 5.02 Å². The van der Waals surface area contributed by atoms with Crippen LogP contribution in [0.25, 0.3) is 10.2 Å². The molecule has 0 atom stereocenters. The van der Waals surface area contributed by atoms with Crippen molar-refractivity contribution in [2.24, 2.45) is 0 Å². The number of likely N-dealkylation sites (N-methyl/N-ethyl adjacent to an activating group) is 1. The molecule has 2 aromatic heterocycles. The van der Waals surface area contributed by atoms with E-state index in [0.717, 1.165) is 21.6 Å². The molecule has 0 saturated carbocycles. The highest BCUT2D eigenvalue weighted by molar-refractivity contribution is 7.22. The second-order valence-electron chi connectivity index (χ2n) is 5.76. The Morgan fingerprint density at radius 1 is 1.22 bits per heavy atom. The molecule has 144 valence electrons. The molecule has 0 fully saturated rings. The van der Waals surface area contributed by atoms with Crippen LogP contribution in [0.15, 0.2) is 30.3 Å². The van der Waals surface area contributed by atoms with Crippen LogP contribution in [-0.2, 0) is 0 Å². The van der Waals surface area contributed by atoms with Crippen molar-refractivity contribution in [2.45, 2.75) is 0 Å². The number of aromatic nitrogens is 1. The quantitative estimate of drug-likeness (QED) is 0.409. The molecule has 0 unspecified atom stereocenters. The third-order valence-electron chi connectivity index (χ3n) is 3.57. The number of benzene rings is 1. The molecule has 0 aliphatic rings. The lowest BCUT2D eigenvalue weighted by Gasteiger charge is -2.21. The number of thiazole rings is 1. The zero-order valence-corrected chi connectivity index (χ0v) is 17.6. The number of rotatable bonds is 6. The number of carbonyl (C=O) groups is 1. The van der Waals surface area contributed by atoms with Gasteiger partial charge in [0.1, 0.15) is 0 Å². The normalized spacial score (nSPS) is 10.8. The van der Waals surface area contributed by atoms with Crippen LogP contribution in [-0.4, -0.2) is 47.9 Å². The Morgan fingerprint density at radius 2 is 1.96 bits per heavy atom. The number of hydrogen-bond acceptors (Lipinski definition) is 7. The number of nitro groups is 1. The van der Waals surface area contributed by atoms with E-state index in [1.807, 2.05) is 31.1 Å². The fourth-order valence-corrected chi connectivity index (χ4v) is 4.30. The number of amides is 1. The standard InChI is InChI=1S/C16H15ClN4O3S2.ClH/c1-19(2)7-8-20(15(22)12-5-6-14(25-12)21(23)24)16-18-11-4-3-10(17)9-13(11)26-16;/h3-6,9H,7-8H2,1-2H3;1H. The van der Waals surface area contributed by atoms with Gasteiger partial charge < -0.3 is 4.90 Å².